The highest BCUT2D eigenvalue weighted by atomic mass is 32.2. The van der Waals surface area contributed by atoms with E-state index < -0.39 is 23.2 Å². The zero-order chi connectivity index (χ0) is 23.7. The molecule has 3 N–H and O–H groups in total. The molecule has 10 nitrogen and oxygen atoms in total. The fraction of sp³-hybridized carbons (Fsp3) is 0.391. The van der Waals surface area contributed by atoms with E-state index in [1.807, 2.05) is 30.3 Å². The molecule has 2 fully saturated rings. The predicted molar refractivity (Wildman–Crippen MR) is 127 cm³/mol. The molecular formula is C23H24N6O4S. The van der Waals surface area contributed by atoms with Crippen molar-refractivity contribution in [3.05, 3.63) is 62.6 Å². The molecule has 2 aliphatic rings. The number of hydrogen-bond donors (Lipinski definition) is 3. The van der Waals surface area contributed by atoms with Gasteiger partial charge in [0.2, 0.25) is 5.91 Å². The lowest BCUT2D eigenvalue weighted by molar-refractivity contribution is -0.119. The number of urea groups is 1. The average molecular weight is 481 g/mol. The smallest absolute Gasteiger partial charge is 0.330 e. The number of carbonyl (C=O) groups excluding carboxylic acids is 2. The van der Waals surface area contributed by atoms with Crippen LogP contribution in [0.4, 0.5) is 4.79 Å². The third-order valence-corrected chi connectivity index (χ3v) is 6.72. The van der Waals surface area contributed by atoms with E-state index in [0.29, 0.717) is 28.8 Å². The second kappa shape index (κ2) is 9.41. The number of rotatable bonds is 8. The van der Waals surface area contributed by atoms with Crippen molar-refractivity contribution in [2.45, 2.75) is 55.6 Å². The van der Waals surface area contributed by atoms with Crippen LogP contribution in [0.2, 0.25) is 0 Å². The van der Waals surface area contributed by atoms with Crippen LogP contribution in [-0.2, 0) is 11.3 Å². The van der Waals surface area contributed by atoms with E-state index in [1.54, 1.807) is 4.57 Å². The molecule has 0 bridgehead atoms. The standard InChI is InChI=1S/C23H24N6O4S/c30-16(25-22(32)24-12-13-4-2-1-3-5-13)10-11-34-21-17-19(26-18(27-21)14-6-7-14)29(15-8-9-15)23(33)28-20(17)31/h1-5,14-15H,6-12H2,(H,28,31,33)(H2,24,25,30,32). The van der Waals surface area contributed by atoms with Crippen LogP contribution in [-0.4, -0.2) is 37.2 Å². The first kappa shape index (κ1) is 22.3. The van der Waals surface area contributed by atoms with Gasteiger partial charge in [-0.25, -0.2) is 19.6 Å². The molecule has 0 radical (unpaired) electrons. The van der Waals surface area contributed by atoms with Crippen molar-refractivity contribution < 1.29 is 9.59 Å². The highest BCUT2D eigenvalue weighted by molar-refractivity contribution is 7.99. The summed E-state index contributed by atoms with van der Waals surface area (Å²) >= 11 is 1.26. The molecule has 11 heteroatoms. The molecule has 0 aliphatic heterocycles. The zero-order valence-electron chi connectivity index (χ0n) is 18.4. The molecule has 0 unspecified atom stereocenters. The predicted octanol–water partition coefficient (Wildman–Crippen LogP) is 2.20. The molecule has 1 aromatic carbocycles. The van der Waals surface area contributed by atoms with Crippen molar-refractivity contribution in [2.24, 2.45) is 0 Å². The quantitative estimate of drug-likeness (QED) is 0.332. The van der Waals surface area contributed by atoms with Crippen LogP contribution in [0.3, 0.4) is 0 Å². The van der Waals surface area contributed by atoms with Crippen LogP contribution >= 0.6 is 11.8 Å². The fourth-order valence-electron chi connectivity index (χ4n) is 3.69. The lowest BCUT2D eigenvalue weighted by atomic mass is 10.2. The maximum Gasteiger partial charge on any atom is 0.330 e. The molecule has 3 aromatic rings. The second-order valence-corrected chi connectivity index (χ2v) is 9.62. The Hall–Kier alpha value is -3.47. The Morgan fingerprint density at radius 2 is 1.85 bits per heavy atom. The number of amides is 3. The van der Waals surface area contributed by atoms with E-state index in [-0.39, 0.29) is 23.8 Å². The summed E-state index contributed by atoms with van der Waals surface area (Å²) in [6.07, 6.45) is 3.77. The van der Waals surface area contributed by atoms with Crippen LogP contribution in [0.15, 0.2) is 44.9 Å². The summed E-state index contributed by atoms with van der Waals surface area (Å²) in [5.41, 5.74) is 0.335. The van der Waals surface area contributed by atoms with Gasteiger partial charge in [-0.05, 0) is 31.2 Å². The van der Waals surface area contributed by atoms with Crippen molar-refractivity contribution in [1.29, 1.82) is 0 Å². The Morgan fingerprint density at radius 1 is 1.09 bits per heavy atom. The minimum absolute atomic E-state index is 0.0480. The first-order valence-electron chi connectivity index (χ1n) is 11.3. The molecule has 2 aromatic heterocycles. The summed E-state index contributed by atoms with van der Waals surface area (Å²) in [6.45, 7) is 0.317. The molecule has 5 rings (SSSR count). The molecule has 0 atom stereocenters. The van der Waals surface area contributed by atoms with E-state index in [0.717, 1.165) is 31.2 Å². The van der Waals surface area contributed by atoms with Gasteiger partial charge in [-0.2, -0.15) is 0 Å². The topological polar surface area (TPSA) is 139 Å². The number of carbonyl (C=O) groups is 2. The maximum absolute atomic E-state index is 12.6. The van der Waals surface area contributed by atoms with Crippen molar-refractivity contribution in [3.8, 4) is 0 Å². The van der Waals surface area contributed by atoms with Gasteiger partial charge in [-0.15, -0.1) is 11.8 Å². The number of nitrogens with one attached hydrogen (secondary N) is 3. The molecule has 34 heavy (non-hydrogen) atoms. The number of benzene rings is 1. The second-order valence-electron chi connectivity index (χ2n) is 8.54. The average Bonchev–Trinajstić information content (AvgIpc) is 3.72. The Morgan fingerprint density at radius 3 is 2.56 bits per heavy atom. The zero-order valence-corrected chi connectivity index (χ0v) is 19.2. The summed E-state index contributed by atoms with van der Waals surface area (Å²) in [7, 11) is 0. The van der Waals surface area contributed by atoms with Crippen molar-refractivity contribution >= 4 is 34.7 Å². The van der Waals surface area contributed by atoms with Crippen molar-refractivity contribution in [3.63, 3.8) is 0 Å². The molecular weight excluding hydrogens is 456 g/mol. The summed E-state index contributed by atoms with van der Waals surface area (Å²) in [5.74, 6) is 0.764. The molecule has 2 heterocycles. The van der Waals surface area contributed by atoms with Crippen molar-refractivity contribution in [2.75, 3.05) is 5.75 Å². The molecule has 2 saturated carbocycles. The number of fused-ring (bicyclic) bond motifs is 1. The maximum atomic E-state index is 12.6. The van der Waals surface area contributed by atoms with E-state index in [2.05, 4.69) is 25.6 Å². The highest BCUT2D eigenvalue weighted by Gasteiger charge is 2.32. The summed E-state index contributed by atoms with van der Waals surface area (Å²) in [6, 6.07) is 8.88. The van der Waals surface area contributed by atoms with E-state index >= 15 is 0 Å². The third-order valence-electron chi connectivity index (χ3n) is 5.74. The Kier molecular flexibility index (Phi) is 6.18. The lowest BCUT2D eigenvalue weighted by Gasteiger charge is -2.12. The van der Waals surface area contributed by atoms with Gasteiger partial charge in [0.15, 0.2) is 5.65 Å². The number of hydrogen-bond acceptors (Lipinski definition) is 7. The van der Waals surface area contributed by atoms with E-state index in [4.69, 9.17) is 0 Å². The third kappa shape index (κ3) is 5.04. The monoisotopic (exact) mass is 480 g/mol. The van der Waals surface area contributed by atoms with Crippen LogP contribution < -0.4 is 21.9 Å². The number of imide groups is 1. The van der Waals surface area contributed by atoms with Crippen LogP contribution in [0.5, 0.6) is 0 Å². The van der Waals surface area contributed by atoms with Gasteiger partial charge in [-0.1, -0.05) is 30.3 Å². The number of aromatic nitrogens is 4. The molecule has 176 valence electrons. The molecule has 0 spiro atoms. The molecule has 0 saturated heterocycles. The first-order chi connectivity index (χ1) is 16.5. The Bertz CT molecular complexity index is 1360. The van der Waals surface area contributed by atoms with Gasteiger partial charge in [0.05, 0.1) is 0 Å². The van der Waals surface area contributed by atoms with Crippen LogP contribution in [0, 0.1) is 0 Å². The summed E-state index contributed by atoms with van der Waals surface area (Å²) in [4.78, 5) is 60.9. The SMILES string of the molecule is O=C(CCSc1nc(C2CC2)nc2c1c(=O)[nH]c(=O)n2C1CC1)NC(=O)NCc1ccccc1. The van der Waals surface area contributed by atoms with Crippen LogP contribution in [0.1, 0.15) is 55.5 Å². The van der Waals surface area contributed by atoms with Gasteiger partial charge >= 0.3 is 11.7 Å². The largest absolute Gasteiger partial charge is 0.334 e. The first-order valence-corrected chi connectivity index (χ1v) is 12.3. The summed E-state index contributed by atoms with van der Waals surface area (Å²) < 4.78 is 1.57. The number of nitrogens with zero attached hydrogens (tertiary/aromatic N) is 3. The highest BCUT2D eigenvalue weighted by Crippen LogP contribution is 2.40. The number of H-pyrrole nitrogens is 1. The minimum Gasteiger partial charge on any atom is -0.334 e. The molecule has 2 aliphatic carbocycles. The van der Waals surface area contributed by atoms with Crippen LogP contribution in [0.25, 0.3) is 11.0 Å². The summed E-state index contributed by atoms with van der Waals surface area (Å²) in [5, 5.41) is 5.71. The van der Waals surface area contributed by atoms with Gasteiger partial charge in [0.1, 0.15) is 16.2 Å². The molecule has 3 amide bonds. The van der Waals surface area contributed by atoms with Gasteiger partial charge in [0.25, 0.3) is 5.56 Å². The number of thioether (sulfide) groups is 1. The van der Waals surface area contributed by atoms with Gasteiger partial charge < -0.3 is 5.32 Å². The van der Waals surface area contributed by atoms with Crippen molar-refractivity contribution in [1.82, 2.24) is 30.2 Å². The lowest BCUT2D eigenvalue weighted by Crippen LogP contribution is -2.39. The van der Waals surface area contributed by atoms with Gasteiger partial charge in [-0.3, -0.25) is 24.5 Å². The Balaban J connectivity index is 1.26. The van der Waals surface area contributed by atoms with E-state index in [1.165, 1.54) is 11.8 Å². The van der Waals surface area contributed by atoms with E-state index in [9.17, 15) is 19.2 Å². The number of aromatic amines is 1. The fourth-order valence-corrected chi connectivity index (χ4v) is 4.65. The van der Waals surface area contributed by atoms with Gasteiger partial charge in [0, 0.05) is 30.7 Å². The Labute approximate surface area is 198 Å². The minimum atomic E-state index is -0.563. The normalized spacial score (nSPS) is 15.3.